The number of aromatic hydroxyl groups is 3. The van der Waals surface area contributed by atoms with Crippen LogP contribution in [-0.4, -0.2) is 21.9 Å². The van der Waals surface area contributed by atoms with Crippen LogP contribution in [0.15, 0.2) is 61.2 Å². The van der Waals surface area contributed by atoms with Crippen LogP contribution >= 0.6 is 0 Å². The summed E-state index contributed by atoms with van der Waals surface area (Å²) in [4.78, 5) is 0. The summed E-state index contributed by atoms with van der Waals surface area (Å²) >= 11 is 0. The van der Waals surface area contributed by atoms with Gasteiger partial charge in [0.05, 0.1) is 0 Å². The highest BCUT2D eigenvalue weighted by Crippen LogP contribution is 2.43. The van der Waals surface area contributed by atoms with Gasteiger partial charge in [-0.15, -0.1) is 0 Å². The quantitative estimate of drug-likeness (QED) is 0.165. The predicted molar refractivity (Wildman–Crippen MR) is 212 cm³/mol. The Morgan fingerprint density at radius 3 is 0.882 bits per heavy atom. The average molecular weight is 689 g/mol. The lowest BCUT2D eigenvalue weighted by Gasteiger charge is -2.27. The van der Waals surface area contributed by atoms with Crippen LogP contribution in [0.1, 0.15) is 150 Å². The van der Waals surface area contributed by atoms with E-state index in [4.69, 9.17) is 4.74 Å². The van der Waals surface area contributed by atoms with E-state index in [1.165, 1.54) is 0 Å². The van der Waals surface area contributed by atoms with Crippen molar-refractivity contribution in [3.05, 3.63) is 128 Å². The first kappa shape index (κ1) is 38.1. The highest BCUT2D eigenvalue weighted by molar-refractivity contribution is 5.59. The summed E-state index contributed by atoms with van der Waals surface area (Å²) < 4.78 is 6.53. The maximum atomic E-state index is 12.1. The van der Waals surface area contributed by atoms with Gasteiger partial charge < -0.3 is 20.1 Å². The molecule has 0 unspecified atom stereocenters. The number of phenolic OH excluding ortho intramolecular Hbond substituents is 3. The number of ether oxygens (including phenoxy) is 1. The lowest BCUT2D eigenvalue weighted by Crippen LogP contribution is -2.16. The topological polar surface area (TPSA) is 69.9 Å². The largest absolute Gasteiger partial charge is 0.507 e. The number of hydrogen-bond donors (Lipinski definition) is 3. The zero-order valence-electron chi connectivity index (χ0n) is 33.2. The highest BCUT2D eigenvalue weighted by atomic mass is 16.5. The molecule has 0 radical (unpaired) electrons. The first-order chi connectivity index (χ1) is 23.5. The van der Waals surface area contributed by atoms with Crippen molar-refractivity contribution in [3.8, 4) is 23.0 Å². The average Bonchev–Trinajstić information content (AvgIpc) is 2.99. The summed E-state index contributed by atoms with van der Waals surface area (Å²) in [6.07, 6.45) is 3.37. The van der Waals surface area contributed by atoms with E-state index in [1.54, 1.807) is 6.08 Å². The van der Waals surface area contributed by atoms with Gasteiger partial charge in [0.1, 0.15) is 29.6 Å². The molecule has 5 rings (SSSR count). The zero-order chi connectivity index (χ0) is 37.8. The normalized spacial score (nSPS) is 14.0. The molecular formula is C47H60O4. The van der Waals surface area contributed by atoms with Crippen molar-refractivity contribution < 1.29 is 20.1 Å². The minimum absolute atomic E-state index is 0.159. The first-order valence-electron chi connectivity index (χ1n) is 18.4. The van der Waals surface area contributed by atoms with Crippen molar-refractivity contribution in [2.45, 2.75) is 130 Å². The van der Waals surface area contributed by atoms with Crippen LogP contribution in [0.2, 0.25) is 0 Å². The summed E-state index contributed by atoms with van der Waals surface area (Å²) in [5, 5.41) is 36.2. The molecule has 1 aliphatic rings. The Labute approximate surface area is 307 Å². The molecule has 0 amide bonds. The molecule has 0 spiro atoms. The molecule has 0 fully saturated rings. The summed E-state index contributed by atoms with van der Waals surface area (Å²) in [6, 6.07) is 17.1. The maximum absolute atomic E-state index is 12.1. The van der Waals surface area contributed by atoms with Gasteiger partial charge in [0.25, 0.3) is 0 Å². The Bertz CT molecular complexity index is 1850. The van der Waals surface area contributed by atoms with Gasteiger partial charge in [-0.3, -0.25) is 0 Å². The molecule has 3 N–H and O–H groups in total. The van der Waals surface area contributed by atoms with Gasteiger partial charge in [0, 0.05) is 25.7 Å². The van der Waals surface area contributed by atoms with E-state index in [0.717, 1.165) is 72.5 Å². The third-order valence-electron chi connectivity index (χ3n) is 10.4. The van der Waals surface area contributed by atoms with E-state index >= 15 is 0 Å². The van der Waals surface area contributed by atoms with Gasteiger partial charge in [-0.1, -0.05) is 144 Å². The lowest BCUT2D eigenvalue weighted by atomic mass is 9.79. The fraction of sp³-hybridized carbons (Fsp3) is 0.447. The third kappa shape index (κ3) is 8.16. The molecule has 4 nitrogen and oxygen atoms in total. The smallest absolute Gasteiger partial charge is 0.126 e. The molecule has 1 aliphatic carbocycles. The van der Waals surface area contributed by atoms with Crippen molar-refractivity contribution >= 4 is 0 Å². The molecule has 0 saturated heterocycles. The van der Waals surface area contributed by atoms with Gasteiger partial charge in [-0.05, 0) is 88.4 Å². The van der Waals surface area contributed by atoms with Gasteiger partial charge in [0.15, 0.2) is 0 Å². The van der Waals surface area contributed by atoms with Crippen LogP contribution in [0.5, 0.6) is 23.0 Å². The first-order valence-corrected chi connectivity index (χ1v) is 18.4. The summed E-state index contributed by atoms with van der Waals surface area (Å²) in [7, 11) is 0. The van der Waals surface area contributed by atoms with E-state index < -0.39 is 0 Å². The molecule has 0 aromatic heterocycles. The molecule has 0 atom stereocenters. The predicted octanol–water partition coefficient (Wildman–Crippen LogP) is 11.2. The molecule has 4 aromatic carbocycles. The van der Waals surface area contributed by atoms with E-state index in [9.17, 15) is 15.3 Å². The van der Waals surface area contributed by atoms with Gasteiger partial charge in [0.2, 0.25) is 0 Å². The van der Waals surface area contributed by atoms with Crippen molar-refractivity contribution in [3.63, 3.8) is 0 Å². The number of fused-ring (bicyclic) bond motifs is 8. The molecule has 4 aromatic rings. The molecule has 0 aliphatic heterocycles. The van der Waals surface area contributed by atoms with E-state index in [1.807, 2.05) is 0 Å². The number of rotatable bonds is 3. The Morgan fingerprint density at radius 2 is 0.667 bits per heavy atom. The minimum Gasteiger partial charge on any atom is -0.507 e. The number of benzene rings is 4. The molecule has 0 saturated carbocycles. The van der Waals surface area contributed by atoms with Crippen LogP contribution in [0.25, 0.3) is 0 Å². The monoisotopic (exact) mass is 688 g/mol. The molecule has 51 heavy (non-hydrogen) atoms. The lowest BCUT2D eigenvalue weighted by molar-refractivity contribution is 0.355. The second-order valence-electron chi connectivity index (χ2n) is 18.9. The standard InChI is InChI=1S/C47H60O4/c1-14-15-51-43-34-18-32-24-37(45(5,6)7)22-30(41(32)49)16-28-20-36(44(2,3)4)21-29(40(28)48)17-31-23-38(46(8,9)10)25-33(42(31)50)19-35(43)27-39(26-34)47(11,12)13/h14,20-27,48-50H,1,15-19H2,2-13H3. The summed E-state index contributed by atoms with van der Waals surface area (Å²) in [5.41, 5.74) is 10.5. The van der Waals surface area contributed by atoms with E-state index in [2.05, 4.69) is 138 Å². The van der Waals surface area contributed by atoms with Crippen molar-refractivity contribution in [1.29, 1.82) is 0 Å². The molecular weight excluding hydrogens is 629 g/mol. The fourth-order valence-corrected chi connectivity index (χ4v) is 6.99. The van der Waals surface area contributed by atoms with Crippen molar-refractivity contribution in [2.24, 2.45) is 0 Å². The molecule has 0 heterocycles. The maximum Gasteiger partial charge on any atom is 0.126 e. The summed E-state index contributed by atoms with van der Waals surface area (Å²) in [5.74, 6) is 1.45. The second kappa shape index (κ2) is 13.4. The van der Waals surface area contributed by atoms with Crippen LogP contribution in [0.4, 0.5) is 0 Å². The third-order valence-corrected chi connectivity index (χ3v) is 10.4. The van der Waals surface area contributed by atoms with Crippen LogP contribution < -0.4 is 4.74 Å². The van der Waals surface area contributed by atoms with Gasteiger partial charge >= 0.3 is 0 Å². The number of phenols is 3. The SMILES string of the molecule is C=CCOc1c2cc(C(C)(C)C)cc1Cc1cc(C(C)(C)C)cc(c1O)Cc1cc(C(C)(C)C)cc(c1O)Cc1cc(C(C)(C)C)cc(c1O)C2. The fourth-order valence-electron chi connectivity index (χ4n) is 6.99. The molecule has 272 valence electrons. The Kier molecular flexibility index (Phi) is 10.0. The van der Waals surface area contributed by atoms with Crippen LogP contribution in [-0.2, 0) is 47.3 Å². The second-order valence-corrected chi connectivity index (χ2v) is 18.9. The van der Waals surface area contributed by atoms with Gasteiger partial charge in [-0.25, -0.2) is 0 Å². The Morgan fingerprint density at radius 1 is 0.451 bits per heavy atom. The van der Waals surface area contributed by atoms with Crippen LogP contribution in [0, 0.1) is 0 Å². The zero-order valence-corrected chi connectivity index (χ0v) is 33.2. The Balaban J connectivity index is 1.92. The van der Waals surface area contributed by atoms with Crippen molar-refractivity contribution in [2.75, 3.05) is 6.61 Å². The van der Waals surface area contributed by atoms with Crippen LogP contribution in [0.3, 0.4) is 0 Å². The highest BCUT2D eigenvalue weighted by Gasteiger charge is 2.28. The van der Waals surface area contributed by atoms with Crippen molar-refractivity contribution in [1.82, 2.24) is 0 Å². The Hall–Kier alpha value is -4.18. The molecule has 4 heteroatoms. The molecule has 8 bridgehead atoms. The van der Waals surface area contributed by atoms with Gasteiger partial charge in [-0.2, -0.15) is 0 Å². The summed E-state index contributed by atoms with van der Waals surface area (Å²) in [6.45, 7) is 30.6. The van der Waals surface area contributed by atoms with E-state index in [0.29, 0.717) is 32.3 Å². The van der Waals surface area contributed by atoms with E-state index in [-0.39, 0.29) is 38.9 Å². The number of hydrogen-bond acceptors (Lipinski definition) is 4. The minimum atomic E-state index is -0.186.